The van der Waals surface area contributed by atoms with Gasteiger partial charge >= 0.3 is 0 Å². The fraction of sp³-hybridized carbons (Fsp3) is 0.375. The molecule has 0 amide bonds. The summed E-state index contributed by atoms with van der Waals surface area (Å²) >= 11 is 0. The van der Waals surface area contributed by atoms with Crippen LogP contribution in [0.15, 0.2) is 34.9 Å². The molecule has 0 fully saturated rings. The maximum Gasteiger partial charge on any atom is 0.165 e. The molecule has 4 heteroatoms. The van der Waals surface area contributed by atoms with E-state index in [0.29, 0.717) is 0 Å². The van der Waals surface area contributed by atoms with Crippen molar-refractivity contribution in [2.24, 2.45) is 0 Å². The van der Waals surface area contributed by atoms with Crippen molar-refractivity contribution in [3.8, 4) is 5.75 Å². The fourth-order valence-corrected chi connectivity index (χ4v) is 2.25. The Morgan fingerprint density at radius 1 is 1.35 bits per heavy atom. The molecule has 0 saturated carbocycles. The highest BCUT2D eigenvalue weighted by Crippen LogP contribution is 2.28. The zero-order chi connectivity index (χ0) is 14.5. The normalized spacial score (nSPS) is 12.4. The smallest absolute Gasteiger partial charge is 0.165 e. The summed E-state index contributed by atoms with van der Waals surface area (Å²) in [7, 11) is 1.46. The molecule has 1 N–H and O–H groups in total. The predicted octanol–water partition coefficient (Wildman–Crippen LogP) is 3.82. The highest BCUT2D eigenvalue weighted by atomic mass is 19.1. The molecule has 0 saturated heterocycles. The Morgan fingerprint density at radius 2 is 2.15 bits per heavy atom. The van der Waals surface area contributed by atoms with Crippen LogP contribution in [0.5, 0.6) is 5.75 Å². The van der Waals surface area contributed by atoms with Crippen LogP contribution in [-0.2, 0) is 0 Å². The van der Waals surface area contributed by atoms with Crippen LogP contribution < -0.4 is 10.1 Å². The van der Waals surface area contributed by atoms with Crippen molar-refractivity contribution in [2.75, 3.05) is 13.7 Å². The molecule has 1 atom stereocenters. The van der Waals surface area contributed by atoms with Gasteiger partial charge in [-0.1, -0.05) is 13.0 Å². The molecule has 1 heterocycles. The van der Waals surface area contributed by atoms with Crippen LogP contribution in [0.25, 0.3) is 0 Å². The number of furan rings is 1. The zero-order valence-electron chi connectivity index (χ0n) is 12.1. The van der Waals surface area contributed by atoms with Gasteiger partial charge in [-0.15, -0.1) is 0 Å². The zero-order valence-corrected chi connectivity index (χ0v) is 12.1. The number of aryl methyl sites for hydroxylation is 1. The van der Waals surface area contributed by atoms with Crippen molar-refractivity contribution < 1.29 is 13.5 Å². The Bertz CT molecular complexity index is 565. The van der Waals surface area contributed by atoms with Crippen molar-refractivity contribution in [3.05, 3.63) is 53.2 Å². The molecule has 108 valence electrons. The van der Waals surface area contributed by atoms with E-state index < -0.39 is 0 Å². The van der Waals surface area contributed by atoms with Gasteiger partial charge in [0.05, 0.1) is 19.4 Å². The number of halogens is 1. The van der Waals surface area contributed by atoms with Gasteiger partial charge in [-0.3, -0.25) is 0 Å². The number of ether oxygens (including phenoxy) is 1. The van der Waals surface area contributed by atoms with Gasteiger partial charge in [0.25, 0.3) is 0 Å². The predicted molar refractivity (Wildman–Crippen MR) is 76.5 cm³/mol. The molecule has 2 aromatic rings. The number of nitrogens with one attached hydrogen (secondary N) is 1. The summed E-state index contributed by atoms with van der Waals surface area (Å²) in [4.78, 5) is 0. The second kappa shape index (κ2) is 6.57. The second-order valence-electron chi connectivity index (χ2n) is 4.71. The van der Waals surface area contributed by atoms with E-state index in [0.717, 1.165) is 29.9 Å². The lowest BCUT2D eigenvalue weighted by molar-refractivity contribution is 0.385. The number of methoxy groups -OCH3 is 1. The Labute approximate surface area is 118 Å². The molecule has 0 radical (unpaired) electrons. The lowest BCUT2D eigenvalue weighted by Gasteiger charge is -2.19. The standard InChI is InChI=1S/C16H20FNO2/c1-4-8-18-16(13-7-9-20-11(13)2)12-5-6-15(19-3)14(17)10-12/h5-7,9-10,16,18H,4,8H2,1-3H3. The molecule has 0 aliphatic carbocycles. The first-order valence-electron chi connectivity index (χ1n) is 6.78. The Hall–Kier alpha value is -1.81. The number of hydrogen-bond acceptors (Lipinski definition) is 3. The van der Waals surface area contributed by atoms with Gasteiger partial charge in [0.1, 0.15) is 5.76 Å². The topological polar surface area (TPSA) is 34.4 Å². The molecule has 1 aromatic heterocycles. The SMILES string of the molecule is CCCNC(c1ccc(OC)c(F)c1)c1ccoc1C. The van der Waals surface area contributed by atoms with Crippen molar-refractivity contribution in [1.82, 2.24) is 5.32 Å². The monoisotopic (exact) mass is 277 g/mol. The largest absolute Gasteiger partial charge is 0.494 e. The van der Waals surface area contributed by atoms with Gasteiger partial charge in [-0.2, -0.15) is 0 Å². The minimum absolute atomic E-state index is 0.0749. The average molecular weight is 277 g/mol. The van der Waals surface area contributed by atoms with E-state index in [1.807, 2.05) is 19.1 Å². The first-order chi connectivity index (χ1) is 9.67. The third kappa shape index (κ3) is 3.02. The van der Waals surface area contributed by atoms with E-state index in [1.54, 1.807) is 12.3 Å². The molecule has 0 aliphatic rings. The van der Waals surface area contributed by atoms with E-state index in [4.69, 9.17) is 9.15 Å². The van der Waals surface area contributed by atoms with Crippen LogP contribution in [0.2, 0.25) is 0 Å². The van der Waals surface area contributed by atoms with Gasteiger partial charge in [0, 0.05) is 5.56 Å². The Kier molecular flexibility index (Phi) is 4.79. The van der Waals surface area contributed by atoms with Crippen molar-refractivity contribution in [1.29, 1.82) is 0 Å². The van der Waals surface area contributed by atoms with Crippen molar-refractivity contribution >= 4 is 0 Å². The quantitative estimate of drug-likeness (QED) is 0.871. The van der Waals surface area contributed by atoms with Crippen LogP contribution >= 0.6 is 0 Å². The summed E-state index contributed by atoms with van der Waals surface area (Å²) in [6.45, 7) is 4.86. The summed E-state index contributed by atoms with van der Waals surface area (Å²) in [5, 5.41) is 3.43. The molecule has 0 bridgehead atoms. The van der Waals surface area contributed by atoms with Crippen LogP contribution in [0.3, 0.4) is 0 Å². The minimum Gasteiger partial charge on any atom is -0.494 e. The third-order valence-electron chi connectivity index (χ3n) is 3.32. The molecular formula is C16H20FNO2. The molecule has 0 spiro atoms. The van der Waals surface area contributed by atoms with Crippen molar-refractivity contribution in [2.45, 2.75) is 26.3 Å². The minimum atomic E-state index is -0.352. The second-order valence-corrected chi connectivity index (χ2v) is 4.71. The number of benzene rings is 1. The maximum atomic E-state index is 13.9. The maximum absolute atomic E-state index is 13.9. The van der Waals surface area contributed by atoms with E-state index >= 15 is 0 Å². The van der Waals surface area contributed by atoms with E-state index in [2.05, 4.69) is 12.2 Å². The third-order valence-corrected chi connectivity index (χ3v) is 3.32. The lowest BCUT2D eigenvalue weighted by atomic mass is 9.98. The summed E-state index contributed by atoms with van der Waals surface area (Å²) < 4.78 is 24.2. The van der Waals surface area contributed by atoms with Gasteiger partial charge < -0.3 is 14.5 Å². The molecule has 1 unspecified atom stereocenters. The summed E-state index contributed by atoms with van der Waals surface area (Å²) in [6.07, 6.45) is 2.66. The summed E-state index contributed by atoms with van der Waals surface area (Å²) in [5.41, 5.74) is 1.89. The molecule has 2 rings (SSSR count). The van der Waals surface area contributed by atoms with E-state index in [-0.39, 0.29) is 17.6 Å². The average Bonchev–Trinajstić information content (AvgIpc) is 2.86. The highest BCUT2D eigenvalue weighted by molar-refractivity contribution is 5.37. The first kappa shape index (κ1) is 14.6. The van der Waals surface area contributed by atoms with Crippen LogP contribution in [0.1, 0.15) is 36.3 Å². The van der Waals surface area contributed by atoms with Crippen LogP contribution in [-0.4, -0.2) is 13.7 Å². The Morgan fingerprint density at radius 3 is 2.70 bits per heavy atom. The van der Waals surface area contributed by atoms with Gasteiger partial charge in [0.2, 0.25) is 0 Å². The molecule has 3 nitrogen and oxygen atoms in total. The number of rotatable bonds is 6. The fourth-order valence-electron chi connectivity index (χ4n) is 2.25. The van der Waals surface area contributed by atoms with Crippen molar-refractivity contribution in [3.63, 3.8) is 0 Å². The first-order valence-corrected chi connectivity index (χ1v) is 6.78. The molecule has 1 aromatic carbocycles. The number of hydrogen-bond donors (Lipinski definition) is 1. The van der Waals surface area contributed by atoms with Gasteiger partial charge in [-0.25, -0.2) is 4.39 Å². The lowest BCUT2D eigenvalue weighted by Crippen LogP contribution is -2.23. The van der Waals surface area contributed by atoms with Crippen LogP contribution in [0, 0.1) is 12.7 Å². The van der Waals surface area contributed by atoms with Gasteiger partial charge in [0.15, 0.2) is 11.6 Å². The van der Waals surface area contributed by atoms with E-state index in [1.165, 1.54) is 13.2 Å². The molecule has 20 heavy (non-hydrogen) atoms. The molecular weight excluding hydrogens is 257 g/mol. The summed E-state index contributed by atoms with van der Waals surface area (Å²) in [6, 6.07) is 6.89. The highest BCUT2D eigenvalue weighted by Gasteiger charge is 2.18. The summed E-state index contributed by atoms with van der Waals surface area (Å²) in [5.74, 6) is 0.746. The van der Waals surface area contributed by atoms with E-state index in [9.17, 15) is 4.39 Å². The Balaban J connectivity index is 2.36. The van der Waals surface area contributed by atoms with Gasteiger partial charge in [-0.05, 0) is 43.7 Å². The van der Waals surface area contributed by atoms with Crippen LogP contribution in [0.4, 0.5) is 4.39 Å². The molecule has 0 aliphatic heterocycles.